The number of hydrogen-bond donors (Lipinski definition) is 3. The molecule has 0 amide bonds. The van der Waals surface area contributed by atoms with Gasteiger partial charge in [-0.1, -0.05) is 24.3 Å². The molecule has 24 heavy (non-hydrogen) atoms. The molecule has 1 aromatic rings. The van der Waals surface area contributed by atoms with Gasteiger partial charge in [-0.25, -0.2) is 4.99 Å². The zero-order valence-electron chi connectivity index (χ0n) is 14.4. The average molecular weight is 327 g/mol. The smallest absolute Gasteiger partial charge is 0.195 e. The molecule has 0 aromatic heterocycles. The van der Waals surface area contributed by atoms with Gasteiger partial charge in [-0.2, -0.15) is 0 Å². The van der Waals surface area contributed by atoms with Crippen LogP contribution in [0, 0.1) is 0 Å². The predicted octanol–water partition coefficient (Wildman–Crippen LogP) is 1.45. The maximum absolute atomic E-state index is 5.14. The molecule has 130 valence electrons. The molecule has 0 radical (unpaired) electrons. The van der Waals surface area contributed by atoms with Gasteiger partial charge in [0.25, 0.3) is 0 Å². The second-order valence-electron chi connectivity index (χ2n) is 7.27. The van der Waals surface area contributed by atoms with Crippen LogP contribution in [-0.4, -0.2) is 49.1 Å². The van der Waals surface area contributed by atoms with Crippen LogP contribution in [-0.2, 0) is 13.1 Å². The predicted molar refractivity (Wildman–Crippen MR) is 98.0 cm³/mol. The van der Waals surface area contributed by atoms with Crippen LogP contribution in [0.5, 0.6) is 0 Å². The van der Waals surface area contributed by atoms with E-state index < -0.39 is 0 Å². The Balaban J connectivity index is 1.50. The highest BCUT2D eigenvalue weighted by Gasteiger charge is 2.25. The second-order valence-corrected chi connectivity index (χ2v) is 7.27. The maximum Gasteiger partial charge on any atom is 0.195 e. The Morgan fingerprint density at radius 2 is 1.71 bits per heavy atom. The lowest BCUT2D eigenvalue weighted by atomic mass is 10.1. The largest absolute Gasteiger partial charge is 0.352 e. The molecule has 3 N–H and O–H groups in total. The fraction of sp³-hybridized carbons (Fsp3) is 0.632. The fourth-order valence-corrected chi connectivity index (χ4v) is 3.97. The van der Waals surface area contributed by atoms with Crippen molar-refractivity contribution in [1.82, 2.24) is 20.9 Å². The fourth-order valence-electron chi connectivity index (χ4n) is 3.97. The van der Waals surface area contributed by atoms with Crippen molar-refractivity contribution >= 4 is 5.96 Å². The summed E-state index contributed by atoms with van der Waals surface area (Å²) in [5.41, 5.74) is 2.88. The highest BCUT2D eigenvalue weighted by molar-refractivity contribution is 5.81. The van der Waals surface area contributed by atoms with Crippen LogP contribution in [0.4, 0.5) is 0 Å². The van der Waals surface area contributed by atoms with Crippen molar-refractivity contribution in [3.8, 4) is 0 Å². The molecule has 2 fully saturated rings. The Morgan fingerprint density at radius 3 is 2.33 bits per heavy atom. The van der Waals surface area contributed by atoms with Gasteiger partial charge in [-0.05, 0) is 49.9 Å². The number of hydrogen-bond acceptors (Lipinski definition) is 3. The second kappa shape index (κ2) is 7.53. The van der Waals surface area contributed by atoms with E-state index >= 15 is 0 Å². The number of benzene rings is 1. The number of guanidine groups is 1. The van der Waals surface area contributed by atoms with Crippen molar-refractivity contribution in [2.75, 3.05) is 26.2 Å². The van der Waals surface area contributed by atoms with Crippen LogP contribution >= 0.6 is 0 Å². The van der Waals surface area contributed by atoms with Gasteiger partial charge in [0.1, 0.15) is 0 Å². The van der Waals surface area contributed by atoms with Crippen LogP contribution in [0.3, 0.4) is 0 Å². The van der Waals surface area contributed by atoms with Crippen molar-refractivity contribution in [3.05, 3.63) is 35.4 Å². The zero-order valence-corrected chi connectivity index (χ0v) is 14.4. The van der Waals surface area contributed by atoms with Gasteiger partial charge in [0.05, 0.1) is 6.04 Å². The monoisotopic (exact) mass is 327 g/mol. The summed E-state index contributed by atoms with van der Waals surface area (Å²) in [6, 6.07) is 9.68. The highest BCUT2D eigenvalue weighted by atomic mass is 15.3. The minimum Gasteiger partial charge on any atom is -0.352 e. The van der Waals surface area contributed by atoms with E-state index in [1.54, 1.807) is 0 Å². The van der Waals surface area contributed by atoms with Crippen LogP contribution in [0.25, 0.3) is 0 Å². The first-order valence-corrected chi connectivity index (χ1v) is 9.46. The SMILES string of the molecule is c1ccc2c(c1)CN(/C(=N\C1CCCNC1)NC1CCCNC1)C2. The van der Waals surface area contributed by atoms with Gasteiger partial charge < -0.3 is 20.9 Å². The molecule has 0 spiro atoms. The van der Waals surface area contributed by atoms with Gasteiger partial charge >= 0.3 is 0 Å². The highest BCUT2D eigenvalue weighted by Crippen LogP contribution is 2.23. The lowest BCUT2D eigenvalue weighted by Gasteiger charge is -2.31. The van der Waals surface area contributed by atoms with Crippen LogP contribution in [0.15, 0.2) is 29.3 Å². The number of piperidine rings is 2. The maximum atomic E-state index is 5.14. The minimum atomic E-state index is 0.404. The summed E-state index contributed by atoms with van der Waals surface area (Å²) < 4.78 is 0. The molecule has 0 bridgehead atoms. The summed E-state index contributed by atoms with van der Waals surface area (Å²) in [6.07, 6.45) is 4.90. The lowest BCUT2D eigenvalue weighted by Crippen LogP contribution is -2.51. The third kappa shape index (κ3) is 3.73. The molecular formula is C19H29N5. The number of rotatable bonds is 2. The molecule has 2 atom stereocenters. The van der Waals surface area contributed by atoms with E-state index in [1.165, 1.54) is 36.8 Å². The quantitative estimate of drug-likeness (QED) is 0.568. The summed E-state index contributed by atoms with van der Waals surface area (Å²) in [4.78, 5) is 7.56. The summed E-state index contributed by atoms with van der Waals surface area (Å²) in [7, 11) is 0. The Morgan fingerprint density at radius 1 is 1.00 bits per heavy atom. The van der Waals surface area contributed by atoms with Gasteiger partial charge in [-0.15, -0.1) is 0 Å². The first kappa shape index (κ1) is 15.9. The van der Waals surface area contributed by atoms with Crippen molar-refractivity contribution in [3.63, 3.8) is 0 Å². The molecule has 2 unspecified atom stereocenters. The Bertz CT molecular complexity index is 548. The van der Waals surface area contributed by atoms with E-state index in [0.717, 1.165) is 45.2 Å². The van der Waals surface area contributed by atoms with E-state index in [1.807, 2.05) is 0 Å². The first-order chi connectivity index (χ1) is 11.9. The standard InChI is InChI=1S/C19H29N5/c1-2-6-16-14-24(13-15(16)5-1)19(22-17-7-3-9-20-11-17)23-18-8-4-10-21-12-18/h1-2,5-6,17-18,20-21H,3-4,7-14H2,(H,22,23). The van der Waals surface area contributed by atoms with Gasteiger partial charge in [-0.3, -0.25) is 0 Å². The molecule has 5 nitrogen and oxygen atoms in total. The normalized spacial score (nSPS) is 27.8. The third-order valence-corrected chi connectivity index (χ3v) is 5.35. The summed E-state index contributed by atoms with van der Waals surface area (Å²) in [6.45, 7) is 6.28. The van der Waals surface area contributed by atoms with Crippen molar-refractivity contribution in [2.24, 2.45) is 4.99 Å². The van der Waals surface area contributed by atoms with Crippen LogP contribution in [0.1, 0.15) is 36.8 Å². The van der Waals surface area contributed by atoms with Gasteiger partial charge in [0.15, 0.2) is 5.96 Å². The van der Waals surface area contributed by atoms with Crippen molar-refractivity contribution < 1.29 is 0 Å². The first-order valence-electron chi connectivity index (χ1n) is 9.46. The van der Waals surface area contributed by atoms with Gasteiger partial charge in [0.2, 0.25) is 0 Å². The van der Waals surface area contributed by atoms with E-state index in [4.69, 9.17) is 4.99 Å². The Hall–Kier alpha value is -1.59. The minimum absolute atomic E-state index is 0.404. The number of nitrogens with one attached hydrogen (secondary N) is 3. The molecular weight excluding hydrogens is 298 g/mol. The summed E-state index contributed by atoms with van der Waals surface area (Å²) in [5.74, 6) is 1.11. The number of fused-ring (bicyclic) bond motifs is 1. The van der Waals surface area contributed by atoms with Gasteiger partial charge in [0, 0.05) is 32.2 Å². The molecule has 3 aliphatic rings. The molecule has 0 aliphatic carbocycles. The molecule has 3 heterocycles. The third-order valence-electron chi connectivity index (χ3n) is 5.35. The topological polar surface area (TPSA) is 51.7 Å². The summed E-state index contributed by atoms with van der Waals surface area (Å²) in [5, 5.41) is 10.8. The molecule has 2 saturated heterocycles. The molecule has 3 aliphatic heterocycles. The molecule has 5 heteroatoms. The van der Waals surface area contributed by atoms with E-state index in [0.29, 0.717) is 12.1 Å². The lowest BCUT2D eigenvalue weighted by molar-refractivity contribution is 0.373. The van der Waals surface area contributed by atoms with Crippen LogP contribution in [0.2, 0.25) is 0 Å². The molecule has 4 rings (SSSR count). The Kier molecular flexibility index (Phi) is 4.99. The summed E-state index contributed by atoms with van der Waals surface area (Å²) >= 11 is 0. The van der Waals surface area contributed by atoms with Crippen molar-refractivity contribution in [1.29, 1.82) is 0 Å². The molecule has 1 aromatic carbocycles. The Labute approximate surface area is 144 Å². The van der Waals surface area contributed by atoms with E-state index in [2.05, 4.69) is 45.1 Å². The van der Waals surface area contributed by atoms with E-state index in [9.17, 15) is 0 Å². The number of nitrogens with zero attached hydrogens (tertiary/aromatic N) is 2. The molecule has 0 saturated carbocycles. The zero-order chi connectivity index (χ0) is 16.2. The van der Waals surface area contributed by atoms with E-state index in [-0.39, 0.29) is 0 Å². The average Bonchev–Trinajstić information content (AvgIpc) is 3.07. The van der Waals surface area contributed by atoms with Crippen LogP contribution < -0.4 is 16.0 Å². The van der Waals surface area contributed by atoms with Crippen molar-refractivity contribution in [2.45, 2.75) is 50.9 Å². The number of aliphatic imine (C=N–C) groups is 1.